The zero-order valence-corrected chi connectivity index (χ0v) is 21.7. The molecule has 0 aliphatic heterocycles. The lowest BCUT2D eigenvalue weighted by atomic mass is 10.1. The molecule has 1 aromatic rings. The summed E-state index contributed by atoms with van der Waals surface area (Å²) in [6.07, 6.45) is 1.19. The largest absolute Gasteiger partial charge is 0.491 e. The molecule has 0 heterocycles. The second kappa shape index (κ2) is 14.8. The van der Waals surface area contributed by atoms with Gasteiger partial charge in [-0.2, -0.15) is 0 Å². The van der Waals surface area contributed by atoms with E-state index >= 15 is 0 Å². The van der Waals surface area contributed by atoms with Crippen molar-refractivity contribution in [2.45, 2.75) is 46.3 Å². The fourth-order valence-corrected chi connectivity index (χ4v) is 3.64. The second-order valence-electron chi connectivity index (χ2n) is 7.01. The summed E-state index contributed by atoms with van der Waals surface area (Å²) in [4.78, 5) is 4.44. The Morgan fingerprint density at radius 2 is 1.97 bits per heavy atom. The molecule has 8 nitrogen and oxygen atoms in total. The fourth-order valence-electron chi connectivity index (χ4n) is 2.71. The number of sulfonamides is 1. The van der Waals surface area contributed by atoms with E-state index < -0.39 is 16.1 Å². The molecule has 0 amide bonds. The minimum Gasteiger partial charge on any atom is -0.491 e. The maximum atomic E-state index is 11.6. The van der Waals surface area contributed by atoms with Crippen LogP contribution in [0.2, 0.25) is 0 Å². The Bertz CT molecular complexity index is 744. The van der Waals surface area contributed by atoms with E-state index in [2.05, 4.69) is 15.6 Å². The first kappa shape index (κ1) is 28.9. The number of aliphatic hydroxyl groups excluding tert-OH is 1. The average molecular weight is 557 g/mol. The zero-order valence-electron chi connectivity index (χ0n) is 18.6. The first-order valence-electron chi connectivity index (χ1n) is 10.1. The third-order valence-corrected chi connectivity index (χ3v) is 5.46. The van der Waals surface area contributed by atoms with Crippen molar-refractivity contribution in [1.29, 1.82) is 0 Å². The molecule has 1 unspecified atom stereocenters. The van der Waals surface area contributed by atoms with Crippen LogP contribution in [-0.2, 0) is 10.0 Å². The molecule has 0 fully saturated rings. The number of nitrogens with one attached hydrogen (secondary N) is 2. The van der Waals surface area contributed by atoms with Crippen molar-refractivity contribution in [2.75, 3.05) is 39.0 Å². The zero-order chi connectivity index (χ0) is 21.9. The molecule has 0 bridgehead atoms. The van der Waals surface area contributed by atoms with Crippen LogP contribution in [0.3, 0.4) is 0 Å². The molecule has 0 radical (unpaired) electrons. The summed E-state index contributed by atoms with van der Waals surface area (Å²) in [7, 11) is -3.17. The van der Waals surface area contributed by atoms with Gasteiger partial charge in [0.2, 0.25) is 10.0 Å². The van der Waals surface area contributed by atoms with Crippen LogP contribution in [0.4, 0.5) is 0 Å². The van der Waals surface area contributed by atoms with E-state index in [-0.39, 0.29) is 36.6 Å². The van der Waals surface area contributed by atoms with Crippen LogP contribution in [0.5, 0.6) is 5.75 Å². The average Bonchev–Trinajstić information content (AvgIpc) is 2.64. The summed E-state index contributed by atoms with van der Waals surface area (Å²) >= 11 is 0. The first-order chi connectivity index (χ1) is 13.7. The van der Waals surface area contributed by atoms with Gasteiger partial charge >= 0.3 is 0 Å². The number of hydrogen-bond donors (Lipinski definition) is 3. The van der Waals surface area contributed by atoms with Crippen LogP contribution in [0.25, 0.3) is 0 Å². The molecule has 10 heteroatoms. The van der Waals surface area contributed by atoms with Gasteiger partial charge in [0, 0.05) is 26.2 Å². The van der Waals surface area contributed by atoms with Crippen molar-refractivity contribution in [2.24, 2.45) is 4.99 Å². The van der Waals surface area contributed by atoms with Gasteiger partial charge in [-0.3, -0.25) is 4.99 Å². The Morgan fingerprint density at radius 1 is 1.27 bits per heavy atom. The summed E-state index contributed by atoms with van der Waals surface area (Å²) in [5.74, 6) is 1.31. The molecule has 0 aromatic heterocycles. The molecule has 30 heavy (non-hydrogen) atoms. The molecular weight excluding hydrogens is 519 g/mol. The molecular formula is C20H37IN4O4S. The third kappa shape index (κ3) is 11.3. The van der Waals surface area contributed by atoms with E-state index in [9.17, 15) is 13.5 Å². The van der Waals surface area contributed by atoms with Gasteiger partial charge in [0.05, 0.1) is 25.0 Å². The standard InChI is InChI=1S/C20H36N4O4S.HI/c1-6-21-20(22-12-9-13-24(7-2)29(5,26)27)23-15-19(25)17-10-8-11-18(14-17)28-16(3)4;/h8,10-11,14,16,19,25H,6-7,9,12-13,15H2,1-5H3,(H2,21,22,23);1H. The number of halogens is 1. The molecule has 0 aliphatic carbocycles. The van der Waals surface area contributed by atoms with E-state index in [1.807, 2.05) is 52.0 Å². The normalized spacial score (nSPS) is 13.1. The van der Waals surface area contributed by atoms with E-state index in [4.69, 9.17) is 4.74 Å². The van der Waals surface area contributed by atoms with Gasteiger partial charge < -0.3 is 20.5 Å². The Kier molecular flexibility index (Phi) is 14.3. The number of aliphatic hydroxyl groups is 1. The van der Waals surface area contributed by atoms with Gasteiger partial charge in [0.1, 0.15) is 5.75 Å². The number of hydrogen-bond acceptors (Lipinski definition) is 5. The van der Waals surface area contributed by atoms with Crippen molar-refractivity contribution in [3.8, 4) is 5.75 Å². The highest BCUT2D eigenvalue weighted by atomic mass is 127. The molecule has 1 aromatic carbocycles. The van der Waals surface area contributed by atoms with Crippen molar-refractivity contribution < 1.29 is 18.3 Å². The maximum Gasteiger partial charge on any atom is 0.211 e. The van der Waals surface area contributed by atoms with Crippen molar-refractivity contribution in [1.82, 2.24) is 14.9 Å². The van der Waals surface area contributed by atoms with Crippen molar-refractivity contribution in [3.05, 3.63) is 29.8 Å². The van der Waals surface area contributed by atoms with Crippen molar-refractivity contribution >= 4 is 40.0 Å². The van der Waals surface area contributed by atoms with E-state index in [1.165, 1.54) is 10.6 Å². The minimum absolute atomic E-state index is 0. The van der Waals surface area contributed by atoms with Crippen molar-refractivity contribution in [3.63, 3.8) is 0 Å². The lowest BCUT2D eigenvalue weighted by Crippen LogP contribution is -2.39. The molecule has 0 aliphatic rings. The molecule has 0 saturated carbocycles. The van der Waals surface area contributed by atoms with E-state index in [0.29, 0.717) is 38.6 Å². The summed E-state index contributed by atoms with van der Waals surface area (Å²) < 4.78 is 30.3. The predicted octanol–water partition coefficient (Wildman–Crippen LogP) is 2.35. The van der Waals surface area contributed by atoms with Crippen LogP contribution >= 0.6 is 24.0 Å². The van der Waals surface area contributed by atoms with Gasteiger partial charge in [0.15, 0.2) is 5.96 Å². The number of nitrogens with zero attached hydrogens (tertiary/aromatic N) is 2. The third-order valence-electron chi connectivity index (χ3n) is 4.08. The first-order valence-corrected chi connectivity index (χ1v) is 11.9. The van der Waals surface area contributed by atoms with Gasteiger partial charge in [-0.05, 0) is 44.9 Å². The fraction of sp³-hybridized carbons (Fsp3) is 0.650. The summed E-state index contributed by atoms with van der Waals surface area (Å²) in [6, 6.07) is 7.38. The summed E-state index contributed by atoms with van der Waals surface area (Å²) in [5.41, 5.74) is 0.745. The number of rotatable bonds is 12. The number of ether oxygens (including phenoxy) is 1. The lowest BCUT2D eigenvalue weighted by Gasteiger charge is -2.18. The molecule has 0 spiro atoms. The van der Waals surface area contributed by atoms with Crippen LogP contribution in [-0.4, -0.2) is 68.9 Å². The topological polar surface area (TPSA) is 103 Å². The highest BCUT2D eigenvalue weighted by molar-refractivity contribution is 14.0. The quantitative estimate of drug-likeness (QED) is 0.158. The molecule has 174 valence electrons. The van der Waals surface area contributed by atoms with Crippen LogP contribution in [0.1, 0.15) is 45.8 Å². The second-order valence-corrected chi connectivity index (χ2v) is 8.99. The monoisotopic (exact) mass is 556 g/mol. The van der Waals surface area contributed by atoms with Crippen LogP contribution in [0.15, 0.2) is 29.3 Å². The summed E-state index contributed by atoms with van der Waals surface area (Å²) in [5, 5.41) is 16.8. The Hall–Kier alpha value is -1.11. The van der Waals surface area contributed by atoms with Gasteiger partial charge in [-0.15, -0.1) is 24.0 Å². The number of guanidine groups is 1. The minimum atomic E-state index is -3.17. The van der Waals surface area contributed by atoms with Gasteiger partial charge in [-0.1, -0.05) is 19.1 Å². The molecule has 3 N–H and O–H groups in total. The highest BCUT2D eigenvalue weighted by Crippen LogP contribution is 2.20. The van der Waals surface area contributed by atoms with Crippen LogP contribution < -0.4 is 15.4 Å². The Morgan fingerprint density at radius 3 is 2.53 bits per heavy atom. The lowest BCUT2D eigenvalue weighted by molar-refractivity contribution is 0.185. The Balaban J connectivity index is 0.00000841. The number of benzene rings is 1. The highest BCUT2D eigenvalue weighted by Gasteiger charge is 2.13. The maximum absolute atomic E-state index is 11.6. The molecule has 1 atom stereocenters. The molecule has 1 rings (SSSR count). The Labute approximate surface area is 198 Å². The van der Waals surface area contributed by atoms with Gasteiger partial charge in [-0.25, -0.2) is 12.7 Å². The van der Waals surface area contributed by atoms with Gasteiger partial charge in [0.25, 0.3) is 0 Å². The smallest absolute Gasteiger partial charge is 0.211 e. The number of aliphatic imine (C=N–C) groups is 1. The SMILES string of the molecule is CCNC(=NCC(O)c1cccc(OC(C)C)c1)NCCCN(CC)S(C)(=O)=O.I. The van der Waals surface area contributed by atoms with Crippen LogP contribution in [0, 0.1) is 0 Å². The predicted molar refractivity (Wildman–Crippen MR) is 133 cm³/mol. The summed E-state index contributed by atoms with van der Waals surface area (Å²) in [6.45, 7) is 10.1. The molecule has 0 saturated heterocycles. The van der Waals surface area contributed by atoms with E-state index in [0.717, 1.165) is 11.3 Å². The van der Waals surface area contributed by atoms with E-state index in [1.54, 1.807) is 0 Å².